The van der Waals surface area contributed by atoms with Gasteiger partial charge in [0.2, 0.25) is 10.0 Å². The highest BCUT2D eigenvalue weighted by Gasteiger charge is 2.26. The fourth-order valence-corrected chi connectivity index (χ4v) is 4.19. The normalized spacial score (nSPS) is 15.3. The van der Waals surface area contributed by atoms with Gasteiger partial charge in [0.1, 0.15) is 0 Å². The van der Waals surface area contributed by atoms with Crippen LogP contribution in [0.4, 0.5) is 0 Å². The first-order valence-electron chi connectivity index (χ1n) is 8.80. The number of morpholine rings is 1. The maximum absolute atomic E-state index is 12.7. The second-order valence-electron chi connectivity index (χ2n) is 6.17. The molecule has 0 atom stereocenters. The van der Waals surface area contributed by atoms with E-state index < -0.39 is 15.9 Å². The molecule has 1 heterocycles. The molecule has 1 aliphatic heterocycles. The van der Waals surface area contributed by atoms with Gasteiger partial charge in [0.25, 0.3) is 5.91 Å². The lowest BCUT2D eigenvalue weighted by molar-refractivity contribution is 0.0730. The number of benzene rings is 2. The minimum absolute atomic E-state index is 0.00743. The Kier molecular flexibility index (Phi) is 6.47. The van der Waals surface area contributed by atoms with Gasteiger partial charge in [-0.2, -0.15) is 9.41 Å². The third-order valence-corrected chi connectivity index (χ3v) is 6.18. The highest BCUT2D eigenvalue weighted by atomic mass is 32.2. The van der Waals surface area contributed by atoms with Gasteiger partial charge in [0, 0.05) is 18.7 Å². The quantitative estimate of drug-likeness (QED) is 0.536. The smallest absolute Gasteiger partial charge is 0.271 e. The molecule has 0 spiro atoms. The van der Waals surface area contributed by atoms with Crippen LogP contribution in [-0.2, 0) is 14.8 Å². The van der Waals surface area contributed by atoms with Crippen LogP contribution in [0.1, 0.15) is 15.9 Å². The van der Waals surface area contributed by atoms with E-state index in [4.69, 9.17) is 9.47 Å². The molecule has 1 fully saturated rings. The van der Waals surface area contributed by atoms with Crippen LogP contribution in [0.3, 0.4) is 0 Å². The topological polar surface area (TPSA) is 118 Å². The van der Waals surface area contributed by atoms with E-state index in [1.54, 1.807) is 12.1 Å². The Morgan fingerprint density at radius 3 is 2.72 bits per heavy atom. The summed E-state index contributed by atoms with van der Waals surface area (Å²) in [5, 5.41) is 13.5. The van der Waals surface area contributed by atoms with E-state index >= 15 is 0 Å². The Bertz CT molecular complexity index is 1020. The minimum Gasteiger partial charge on any atom is -0.504 e. The van der Waals surface area contributed by atoms with Gasteiger partial charge in [0.05, 0.1) is 31.4 Å². The first-order chi connectivity index (χ1) is 13.9. The van der Waals surface area contributed by atoms with Crippen molar-refractivity contribution in [3.63, 3.8) is 0 Å². The molecule has 0 bridgehead atoms. The average molecular weight is 419 g/mol. The second-order valence-corrected chi connectivity index (χ2v) is 8.11. The summed E-state index contributed by atoms with van der Waals surface area (Å²) >= 11 is 0. The molecule has 29 heavy (non-hydrogen) atoms. The number of aromatic hydroxyl groups is 1. The Hall–Kier alpha value is -2.95. The largest absolute Gasteiger partial charge is 0.504 e. The molecule has 0 aromatic heterocycles. The number of amides is 1. The number of nitrogens with zero attached hydrogens (tertiary/aromatic N) is 2. The van der Waals surface area contributed by atoms with Crippen molar-refractivity contribution < 1.29 is 27.8 Å². The van der Waals surface area contributed by atoms with Crippen molar-refractivity contribution in [3.05, 3.63) is 53.6 Å². The van der Waals surface area contributed by atoms with Crippen molar-refractivity contribution in [1.82, 2.24) is 9.73 Å². The minimum atomic E-state index is -3.70. The molecule has 9 nitrogen and oxygen atoms in total. The number of hydrogen-bond acceptors (Lipinski definition) is 7. The van der Waals surface area contributed by atoms with Gasteiger partial charge in [-0.15, -0.1) is 0 Å². The van der Waals surface area contributed by atoms with Gasteiger partial charge in [0.15, 0.2) is 11.5 Å². The lowest BCUT2D eigenvalue weighted by atomic mass is 10.2. The zero-order valence-corrected chi connectivity index (χ0v) is 16.6. The van der Waals surface area contributed by atoms with Crippen LogP contribution in [-0.4, -0.2) is 63.4 Å². The molecule has 1 saturated heterocycles. The monoisotopic (exact) mass is 419 g/mol. The van der Waals surface area contributed by atoms with Crippen LogP contribution in [0.15, 0.2) is 52.5 Å². The summed E-state index contributed by atoms with van der Waals surface area (Å²) in [6, 6.07) is 10.4. The molecule has 0 aliphatic carbocycles. The molecule has 1 aliphatic rings. The highest BCUT2D eigenvalue weighted by molar-refractivity contribution is 7.89. The van der Waals surface area contributed by atoms with E-state index in [0.717, 1.165) is 0 Å². The summed E-state index contributed by atoms with van der Waals surface area (Å²) in [4.78, 5) is 12.4. The number of rotatable bonds is 6. The fourth-order valence-electron chi connectivity index (χ4n) is 2.74. The molecule has 1 amide bonds. The summed E-state index contributed by atoms with van der Waals surface area (Å²) in [7, 11) is -2.27. The number of carbonyl (C=O) groups excluding carboxylic acids is 1. The first-order valence-corrected chi connectivity index (χ1v) is 10.2. The molecule has 0 unspecified atom stereocenters. The number of phenols is 1. The van der Waals surface area contributed by atoms with Crippen LogP contribution in [0, 0.1) is 0 Å². The maximum Gasteiger partial charge on any atom is 0.271 e. The molecule has 10 heteroatoms. The summed E-state index contributed by atoms with van der Waals surface area (Å²) < 4.78 is 37.0. The van der Waals surface area contributed by atoms with Gasteiger partial charge in [-0.05, 0) is 42.0 Å². The standard InChI is InChI=1S/C19H21N3O6S/c1-27-18-11-14(5-6-17(18)23)13-20-21-19(24)15-3-2-4-16(12-15)29(25,26)22-7-9-28-10-8-22/h2-6,11-13,23H,7-10H2,1H3,(H,21,24)/b20-13+. The van der Waals surface area contributed by atoms with Gasteiger partial charge in [-0.25, -0.2) is 13.8 Å². The fraction of sp³-hybridized carbons (Fsp3) is 0.263. The number of carbonyl (C=O) groups is 1. The molecule has 2 aromatic rings. The molecule has 154 valence electrons. The van der Waals surface area contributed by atoms with E-state index in [1.807, 2.05) is 0 Å². The van der Waals surface area contributed by atoms with Crippen LogP contribution < -0.4 is 10.2 Å². The van der Waals surface area contributed by atoms with E-state index in [-0.39, 0.29) is 35.0 Å². The Morgan fingerprint density at radius 2 is 2.00 bits per heavy atom. The summed E-state index contributed by atoms with van der Waals surface area (Å²) in [5.74, 6) is -0.278. The molecule has 3 rings (SSSR count). The molecular formula is C19H21N3O6S. The summed E-state index contributed by atoms with van der Waals surface area (Å²) in [6.45, 7) is 1.24. The van der Waals surface area contributed by atoms with E-state index in [1.165, 1.54) is 48.0 Å². The van der Waals surface area contributed by atoms with Gasteiger partial charge in [-0.1, -0.05) is 6.07 Å². The van der Waals surface area contributed by atoms with Gasteiger partial charge >= 0.3 is 0 Å². The third kappa shape index (κ3) is 4.91. The SMILES string of the molecule is COc1cc(/C=N/NC(=O)c2cccc(S(=O)(=O)N3CCOCC3)c2)ccc1O. The van der Waals surface area contributed by atoms with Crippen molar-refractivity contribution >= 4 is 22.1 Å². The summed E-state index contributed by atoms with van der Waals surface area (Å²) in [5.41, 5.74) is 3.12. The van der Waals surface area contributed by atoms with E-state index in [0.29, 0.717) is 18.8 Å². The van der Waals surface area contributed by atoms with Crippen LogP contribution in [0.5, 0.6) is 11.5 Å². The lowest BCUT2D eigenvalue weighted by Crippen LogP contribution is -2.40. The number of sulfonamides is 1. The van der Waals surface area contributed by atoms with Crippen molar-refractivity contribution in [3.8, 4) is 11.5 Å². The molecule has 0 radical (unpaired) electrons. The highest BCUT2D eigenvalue weighted by Crippen LogP contribution is 2.25. The van der Waals surface area contributed by atoms with Crippen molar-refractivity contribution in [2.45, 2.75) is 4.90 Å². The molecule has 2 aromatic carbocycles. The summed E-state index contributed by atoms with van der Waals surface area (Å²) in [6.07, 6.45) is 1.38. The first kappa shape index (κ1) is 20.8. The molecule has 2 N–H and O–H groups in total. The number of methoxy groups -OCH3 is 1. The van der Waals surface area contributed by atoms with E-state index in [2.05, 4.69) is 10.5 Å². The van der Waals surface area contributed by atoms with Crippen molar-refractivity contribution in [2.75, 3.05) is 33.4 Å². The number of ether oxygens (including phenoxy) is 2. The van der Waals surface area contributed by atoms with Crippen molar-refractivity contribution in [2.24, 2.45) is 5.10 Å². The second kappa shape index (κ2) is 9.03. The van der Waals surface area contributed by atoms with Gasteiger partial charge in [-0.3, -0.25) is 4.79 Å². The molecule has 0 saturated carbocycles. The Labute approximate surface area is 168 Å². The zero-order chi connectivity index (χ0) is 20.9. The number of hydrogen-bond donors (Lipinski definition) is 2. The predicted molar refractivity (Wildman–Crippen MR) is 106 cm³/mol. The predicted octanol–water partition coefficient (Wildman–Crippen LogP) is 1.19. The third-order valence-electron chi connectivity index (χ3n) is 4.29. The van der Waals surface area contributed by atoms with Crippen molar-refractivity contribution in [1.29, 1.82) is 0 Å². The molecular weight excluding hydrogens is 398 g/mol. The lowest BCUT2D eigenvalue weighted by Gasteiger charge is -2.26. The number of phenolic OH excluding ortho intramolecular Hbond substituents is 1. The Morgan fingerprint density at radius 1 is 1.24 bits per heavy atom. The van der Waals surface area contributed by atoms with E-state index in [9.17, 15) is 18.3 Å². The van der Waals surface area contributed by atoms with Crippen LogP contribution in [0.2, 0.25) is 0 Å². The zero-order valence-electron chi connectivity index (χ0n) is 15.7. The Balaban J connectivity index is 1.71. The van der Waals surface area contributed by atoms with Gasteiger partial charge < -0.3 is 14.6 Å². The van der Waals surface area contributed by atoms with Crippen LogP contribution in [0.25, 0.3) is 0 Å². The average Bonchev–Trinajstić information content (AvgIpc) is 2.75. The van der Waals surface area contributed by atoms with Crippen LogP contribution >= 0.6 is 0 Å². The maximum atomic E-state index is 12.7. The number of nitrogens with one attached hydrogen (secondary N) is 1. The number of hydrazone groups is 1.